The lowest BCUT2D eigenvalue weighted by Gasteiger charge is -2.39. The average molecular weight is 316 g/mol. The molecule has 0 N–H and O–H groups in total. The molecule has 1 aliphatic rings. The minimum absolute atomic E-state index is 0.0276. The molecule has 2 amide bonds. The molecule has 2 aromatic heterocycles. The van der Waals surface area contributed by atoms with Crippen LogP contribution < -0.4 is 0 Å². The van der Waals surface area contributed by atoms with Crippen LogP contribution in [0.1, 0.15) is 31.3 Å². The first-order valence-corrected chi connectivity index (χ1v) is 7.79. The van der Waals surface area contributed by atoms with E-state index in [0.717, 1.165) is 0 Å². The number of hydrogen-bond acceptors (Lipinski definition) is 5. The van der Waals surface area contributed by atoms with E-state index in [2.05, 4.69) is 24.0 Å². The molecule has 7 heteroatoms. The van der Waals surface area contributed by atoms with Crippen LogP contribution in [0, 0.1) is 5.92 Å². The standard InChI is InChI=1S/C16H20N4O3/c1-10(2)9-19-7-8-20(11(3)15(19)21)16(22)13-12-5-4-6-17-14(12)18-23-13/h4-6,10-11H,7-9H2,1-3H3. The number of fused-ring (bicyclic) bond motifs is 1. The summed E-state index contributed by atoms with van der Waals surface area (Å²) in [4.78, 5) is 32.7. The summed E-state index contributed by atoms with van der Waals surface area (Å²) in [5.74, 6) is 0.202. The van der Waals surface area contributed by atoms with Crippen molar-refractivity contribution in [2.75, 3.05) is 19.6 Å². The Morgan fingerprint density at radius 1 is 1.43 bits per heavy atom. The minimum Gasteiger partial charge on any atom is -0.348 e. The summed E-state index contributed by atoms with van der Waals surface area (Å²) in [6.07, 6.45) is 1.59. The van der Waals surface area contributed by atoms with E-state index in [-0.39, 0.29) is 17.6 Å². The molecule has 1 saturated heterocycles. The van der Waals surface area contributed by atoms with E-state index in [1.807, 2.05) is 4.90 Å². The molecular formula is C16H20N4O3. The van der Waals surface area contributed by atoms with Gasteiger partial charge in [-0.1, -0.05) is 19.0 Å². The number of piperazine rings is 1. The summed E-state index contributed by atoms with van der Waals surface area (Å²) in [6.45, 7) is 7.63. The van der Waals surface area contributed by atoms with Crippen molar-refractivity contribution in [1.82, 2.24) is 19.9 Å². The van der Waals surface area contributed by atoms with Crippen LogP contribution in [-0.2, 0) is 4.79 Å². The lowest BCUT2D eigenvalue weighted by atomic mass is 10.1. The Balaban J connectivity index is 1.82. The molecule has 122 valence electrons. The molecule has 0 radical (unpaired) electrons. The van der Waals surface area contributed by atoms with Gasteiger partial charge in [0.1, 0.15) is 6.04 Å². The second kappa shape index (κ2) is 5.98. The van der Waals surface area contributed by atoms with Crippen LogP contribution in [0.3, 0.4) is 0 Å². The summed E-state index contributed by atoms with van der Waals surface area (Å²) in [6, 6.07) is 2.96. The highest BCUT2D eigenvalue weighted by Crippen LogP contribution is 2.21. The number of carbonyl (C=O) groups is 2. The second-order valence-electron chi connectivity index (χ2n) is 6.24. The van der Waals surface area contributed by atoms with Crippen molar-refractivity contribution < 1.29 is 14.1 Å². The van der Waals surface area contributed by atoms with Crippen molar-refractivity contribution >= 4 is 22.8 Å². The van der Waals surface area contributed by atoms with Gasteiger partial charge < -0.3 is 14.3 Å². The van der Waals surface area contributed by atoms with Gasteiger partial charge in [0.25, 0.3) is 5.91 Å². The van der Waals surface area contributed by atoms with Gasteiger partial charge in [0.2, 0.25) is 17.3 Å². The number of amides is 2. The highest BCUT2D eigenvalue weighted by molar-refractivity contribution is 6.04. The number of pyridine rings is 1. The number of aromatic nitrogens is 2. The monoisotopic (exact) mass is 316 g/mol. The zero-order valence-electron chi connectivity index (χ0n) is 13.5. The normalized spacial score (nSPS) is 19.0. The maximum absolute atomic E-state index is 12.8. The predicted octanol–water partition coefficient (Wildman–Crippen LogP) is 1.55. The molecule has 7 nitrogen and oxygen atoms in total. The van der Waals surface area contributed by atoms with Gasteiger partial charge in [-0.05, 0) is 25.0 Å². The molecule has 3 heterocycles. The van der Waals surface area contributed by atoms with Crippen LogP contribution in [-0.4, -0.2) is 57.4 Å². The van der Waals surface area contributed by atoms with Gasteiger partial charge in [0.15, 0.2) is 0 Å². The molecule has 0 aliphatic carbocycles. The van der Waals surface area contributed by atoms with Gasteiger partial charge in [-0.2, -0.15) is 0 Å². The van der Waals surface area contributed by atoms with E-state index in [9.17, 15) is 9.59 Å². The molecule has 0 aromatic carbocycles. The van der Waals surface area contributed by atoms with Crippen molar-refractivity contribution in [3.8, 4) is 0 Å². The van der Waals surface area contributed by atoms with Crippen LogP contribution in [0.15, 0.2) is 22.9 Å². The van der Waals surface area contributed by atoms with Crippen LogP contribution in [0.5, 0.6) is 0 Å². The van der Waals surface area contributed by atoms with E-state index in [4.69, 9.17) is 4.52 Å². The van der Waals surface area contributed by atoms with E-state index in [1.165, 1.54) is 0 Å². The zero-order chi connectivity index (χ0) is 16.6. The largest absolute Gasteiger partial charge is 0.348 e. The van der Waals surface area contributed by atoms with Crippen molar-refractivity contribution in [3.05, 3.63) is 24.1 Å². The van der Waals surface area contributed by atoms with Gasteiger partial charge in [-0.25, -0.2) is 4.98 Å². The van der Waals surface area contributed by atoms with Crippen molar-refractivity contribution in [1.29, 1.82) is 0 Å². The Labute approximate surface area is 134 Å². The SMILES string of the molecule is CC(C)CN1CCN(C(=O)c2onc3ncccc23)C(C)C1=O. The number of rotatable bonds is 3. The Morgan fingerprint density at radius 3 is 2.96 bits per heavy atom. The fourth-order valence-electron chi connectivity index (χ4n) is 2.90. The third-order valence-corrected chi connectivity index (χ3v) is 4.04. The summed E-state index contributed by atoms with van der Waals surface area (Å²) in [5, 5.41) is 4.38. The van der Waals surface area contributed by atoms with Crippen LogP contribution in [0.4, 0.5) is 0 Å². The maximum Gasteiger partial charge on any atom is 0.293 e. The van der Waals surface area contributed by atoms with Crippen LogP contribution in [0.25, 0.3) is 11.0 Å². The Morgan fingerprint density at radius 2 is 2.22 bits per heavy atom. The Hall–Kier alpha value is -2.44. The maximum atomic E-state index is 12.8. The van der Waals surface area contributed by atoms with E-state index in [1.54, 1.807) is 30.2 Å². The predicted molar refractivity (Wildman–Crippen MR) is 83.7 cm³/mol. The molecule has 0 saturated carbocycles. The van der Waals surface area contributed by atoms with Gasteiger partial charge in [0, 0.05) is 25.8 Å². The Bertz CT molecular complexity index is 740. The molecule has 1 aliphatic heterocycles. The molecule has 1 fully saturated rings. The first-order valence-electron chi connectivity index (χ1n) is 7.79. The summed E-state index contributed by atoms with van der Waals surface area (Å²) in [7, 11) is 0. The van der Waals surface area contributed by atoms with Gasteiger partial charge in [-0.3, -0.25) is 9.59 Å². The van der Waals surface area contributed by atoms with Crippen LogP contribution in [0.2, 0.25) is 0 Å². The average Bonchev–Trinajstić information content (AvgIpc) is 2.95. The number of nitrogens with zero attached hydrogens (tertiary/aromatic N) is 4. The third-order valence-electron chi connectivity index (χ3n) is 4.04. The summed E-state index contributed by atoms with van der Waals surface area (Å²) < 4.78 is 5.18. The molecule has 2 aromatic rings. The quantitative estimate of drug-likeness (QED) is 0.858. The summed E-state index contributed by atoms with van der Waals surface area (Å²) >= 11 is 0. The fourth-order valence-corrected chi connectivity index (χ4v) is 2.90. The molecule has 3 rings (SSSR count). The second-order valence-corrected chi connectivity index (χ2v) is 6.24. The topological polar surface area (TPSA) is 79.5 Å². The molecule has 23 heavy (non-hydrogen) atoms. The molecule has 0 spiro atoms. The first-order chi connectivity index (χ1) is 11.0. The van der Waals surface area contributed by atoms with Crippen LogP contribution >= 0.6 is 0 Å². The number of carbonyl (C=O) groups excluding carboxylic acids is 2. The first kappa shape index (κ1) is 15.5. The Kier molecular flexibility index (Phi) is 4.02. The minimum atomic E-state index is -0.508. The number of hydrogen-bond donors (Lipinski definition) is 0. The van der Waals surface area contributed by atoms with Crippen molar-refractivity contribution in [2.45, 2.75) is 26.8 Å². The van der Waals surface area contributed by atoms with Crippen molar-refractivity contribution in [2.24, 2.45) is 5.92 Å². The highest BCUT2D eigenvalue weighted by atomic mass is 16.5. The molecule has 0 bridgehead atoms. The molecule has 1 atom stereocenters. The lowest BCUT2D eigenvalue weighted by molar-refractivity contribution is -0.140. The van der Waals surface area contributed by atoms with E-state index >= 15 is 0 Å². The smallest absolute Gasteiger partial charge is 0.293 e. The zero-order valence-corrected chi connectivity index (χ0v) is 13.5. The van der Waals surface area contributed by atoms with E-state index in [0.29, 0.717) is 36.6 Å². The molecule has 1 unspecified atom stereocenters. The fraction of sp³-hybridized carbons (Fsp3) is 0.500. The van der Waals surface area contributed by atoms with E-state index < -0.39 is 6.04 Å². The molecular weight excluding hydrogens is 296 g/mol. The lowest BCUT2D eigenvalue weighted by Crippen LogP contribution is -2.58. The van der Waals surface area contributed by atoms with Gasteiger partial charge >= 0.3 is 0 Å². The highest BCUT2D eigenvalue weighted by Gasteiger charge is 2.36. The third kappa shape index (κ3) is 2.78. The van der Waals surface area contributed by atoms with Crippen molar-refractivity contribution in [3.63, 3.8) is 0 Å². The van der Waals surface area contributed by atoms with Gasteiger partial charge in [-0.15, -0.1) is 0 Å². The summed E-state index contributed by atoms with van der Waals surface area (Å²) in [5.41, 5.74) is 0.397. The van der Waals surface area contributed by atoms with Gasteiger partial charge in [0.05, 0.1) is 5.39 Å².